The van der Waals surface area contributed by atoms with Crippen LogP contribution in [0, 0.1) is 0 Å². The van der Waals surface area contributed by atoms with Crippen LogP contribution in [0.2, 0.25) is 0 Å². The van der Waals surface area contributed by atoms with E-state index in [0.717, 1.165) is 24.6 Å². The molecule has 0 aliphatic rings. The van der Waals surface area contributed by atoms with Gasteiger partial charge in [-0.1, -0.05) is 30.3 Å². The maximum absolute atomic E-state index is 13.1. The summed E-state index contributed by atoms with van der Waals surface area (Å²) in [5, 5.41) is 0. The molecule has 0 fully saturated rings. The summed E-state index contributed by atoms with van der Waals surface area (Å²) in [5.74, 6) is -0.920. The van der Waals surface area contributed by atoms with Crippen LogP contribution in [0.4, 0.5) is 18.9 Å². The first-order valence-corrected chi connectivity index (χ1v) is 6.47. The van der Waals surface area contributed by atoms with Gasteiger partial charge in [-0.05, 0) is 18.6 Å². The second kappa shape index (κ2) is 6.09. The Morgan fingerprint density at radius 2 is 1.82 bits per heavy atom. The Morgan fingerprint density at radius 3 is 2.36 bits per heavy atom. The van der Waals surface area contributed by atoms with Crippen molar-refractivity contribution in [2.24, 2.45) is 0 Å². The van der Waals surface area contributed by atoms with Crippen molar-refractivity contribution in [2.45, 2.75) is 19.7 Å². The lowest BCUT2D eigenvalue weighted by molar-refractivity contribution is -0.139. The van der Waals surface area contributed by atoms with Crippen molar-refractivity contribution in [1.82, 2.24) is 0 Å². The summed E-state index contributed by atoms with van der Waals surface area (Å²) >= 11 is 0. The number of nitrogens with two attached hydrogens (primary N) is 1. The van der Waals surface area contributed by atoms with Crippen molar-refractivity contribution in [3.05, 3.63) is 59.2 Å². The summed E-state index contributed by atoms with van der Waals surface area (Å²) in [6, 6.07) is 10.6. The van der Waals surface area contributed by atoms with Crippen molar-refractivity contribution < 1.29 is 22.7 Å². The highest BCUT2D eigenvalue weighted by molar-refractivity contribution is 5.99. The number of benzene rings is 2. The lowest BCUT2D eigenvalue weighted by atomic mass is 10.0. The number of carbonyl (C=O) groups excluding carboxylic acids is 1. The van der Waals surface area contributed by atoms with Crippen LogP contribution < -0.4 is 10.5 Å². The van der Waals surface area contributed by atoms with Gasteiger partial charge in [0, 0.05) is 17.3 Å². The van der Waals surface area contributed by atoms with Crippen LogP contribution in [0.1, 0.15) is 28.4 Å². The fourth-order valence-corrected chi connectivity index (χ4v) is 1.98. The van der Waals surface area contributed by atoms with Crippen LogP contribution in [0.15, 0.2) is 42.5 Å². The number of nitrogen functional groups attached to an aromatic ring is 1. The van der Waals surface area contributed by atoms with Crippen LogP contribution in [-0.4, -0.2) is 5.78 Å². The highest BCUT2D eigenvalue weighted by Gasteiger charge is 2.35. The van der Waals surface area contributed by atoms with Gasteiger partial charge in [0.05, 0.1) is 5.56 Å². The molecule has 0 radical (unpaired) electrons. The second-order valence-corrected chi connectivity index (χ2v) is 4.76. The number of Topliss-reactive ketones (excluding diaryl/α,β-unsaturated/α-hetero) is 1. The molecular weight excluding hydrogens is 295 g/mol. The van der Waals surface area contributed by atoms with E-state index in [0.29, 0.717) is 0 Å². The van der Waals surface area contributed by atoms with Crippen LogP contribution >= 0.6 is 0 Å². The Labute approximate surface area is 125 Å². The Hall–Kier alpha value is -2.50. The highest BCUT2D eigenvalue weighted by Crippen LogP contribution is 2.39. The first kappa shape index (κ1) is 15.9. The molecule has 3 nitrogen and oxygen atoms in total. The Balaban J connectivity index is 2.37. The smallest absolute Gasteiger partial charge is 0.419 e. The fraction of sp³-hybridized carbons (Fsp3) is 0.188. The van der Waals surface area contributed by atoms with Crippen molar-refractivity contribution in [3.8, 4) is 5.75 Å². The average molecular weight is 309 g/mol. The largest absolute Gasteiger partial charge is 0.488 e. The third-order valence-corrected chi connectivity index (χ3v) is 3.07. The SMILES string of the molecule is CC(=O)c1cc(C(F)(F)F)c(OCc2ccccc2)cc1N. The van der Waals surface area contributed by atoms with Crippen molar-refractivity contribution in [1.29, 1.82) is 0 Å². The fourth-order valence-electron chi connectivity index (χ4n) is 1.98. The van der Waals surface area contributed by atoms with Crippen molar-refractivity contribution in [2.75, 3.05) is 5.73 Å². The molecule has 2 rings (SSSR count). The van der Waals surface area contributed by atoms with Crippen molar-refractivity contribution >= 4 is 11.5 Å². The zero-order chi connectivity index (χ0) is 16.3. The lowest BCUT2D eigenvalue weighted by Crippen LogP contribution is -2.12. The Kier molecular flexibility index (Phi) is 4.40. The molecule has 22 heavy (non-hydrogen) atoms. The normalized spacial score (nSPS) is 11.3. The Bertz CT molecular complexity index is 682. The van der Waals surface area contributed by atoms with Crippen molar-refractivity contribution in [3.63, 3.8) is 0 Å². The van der Waals surface area contributed by atoms with E-state index in [-0.39, 0.29) is 23.6 Å². The van der Waals surface area contributed by atoms with Gasteiger partial charge in [0.15, 0.2) is 5.78 Å². The van der Waals surface area contributed by atoms with Gasteiger partial charge in [-0.25, -0.2) is 0 Å². The number of anilines is 1. The quantitative estimate of drug-likeness (QED) is 0.684. The van der Waals surface area contributed by atoms with Crippen LogP contribution in [-0.2, 0) is 12.8 Å². The average Bonchev–Trinajstić information content (AvgIpc) is 2.44. The summed E-state index contributed by atoms with van der Waals surface area (Å²) in [7, 11) is 0. The molecule has 0 spiro atoms. The molecule has 0 amide bonds. The molecule has 6 heteroatoms. The topological polar surface area (TPSA) is 52.3 Å². The van der Waals surface area contributed by atoms with E-state index in [1.54, 1.807) is 30.3 Å². The molecule has 0 saturated carbocycles. The summed E-state index contributed by atoms with van der Waals surface area (Å²) in [4.78, 5) is 11.3. The van der Waals surface area contributed by atoms with E-state index >= 15 is 0 Å². The third kappa shape index (κ3) is 3.58. The van der Waals surface area contributed by atoms with E-state index in [1.807, 2.05) is 0 Å². The van der Waals surface area contributed by atoms with E-state index in [2.05, 4.69) is 0 Å². The lowest BCUT2D eigenvalue weighted by Gasteiger charge is -2.16. The van der Waals surface area contributed by atoms with Gasteiger partial charge in [-0.15, -0.1) is 0 Å². The van der Waals surface area contributed by atoms with Gasteiger partial charge >= 0.3 is 6.18 Å². The van der Waals surface area contributed by atoms with Gasteiger partial charge in [-0.2, -0.15) is 13.2 Å². The molecule has 2 aromatic rings. The van der Waals surface area contributed by atoms with E-state index in [4.69, 9.17) is 10.5 Å². The van der Waals surface area contributed by atoms with E-state index in [1.165, 1.54) is 0 Å². The van der Waals surface area contributed by atoms with Gasteiger partial charge in [0.2, 0.25) is 0 Å². The minimum atomic E-state index is -4.63. The molecule has 2 N–H and O–H groups in total. The zero-order valence-electron chi connectivity index (χ0n) is 11.8. The van der Waals surface area contributed by atoms with Crippen LogP contribution in [0.25, 0.3) is 0 Å². The van der Waals surface area contributed by atoms with Gasteiger partial charge in [0.25, 0.3) is 0 Å². The third-order valence-electron chi connectivity index (χ3n) is 3.07. The molecule has 0 aliphatic carbocycles. The number of alkyl halides is 3. The first-order chi connectivity index (χ1) is 10.3. The molecule has 116 valence electrons. The maximum Gasteiger partial charge on any atom is 0.419 e. The predicted molar refractivity (Wildman–Crippen MR) is 76.6 cm³/mol. The number of ether oxygens (including phenoxy) is 1. The zero-order valence-corrected chi connectivity index (χ0v) is 11.8. The molecule has 2 aromatic carbocycles. The number of hydrogen-bond acceptors (Lipinski definition) is 3. The first-order valence-electron chi connectivity index (χ1n) is 6.47. The molecule has 0 unspecified atom stereocenters. The molecule has 0 aromatic heterocycles. The van der Waals surface area contributed by atoms with E-state index < -0.39 is 17.5 Å². The summed E-state index contributed by atoms with van der Waals surface area (Å²) in [6.07, 6.45) is -4.63. The number of hydrogen-bond donors (Lipinski definition) is 1. The maximum atomic E-state index is 13.1. The number of halogens is 3. The predicted octanol–water partition coefficient (Wildman–Crippen LogP) is 4.07. The highest BCUT2D eigenvalue weighted by atomic mass is 19.4. The minimum Gasteiger partial charge on any atom is -0.488 e. The summed E-state index contributed by atoms with van der Waals surface area (Å²) < 4.78 is 44.6. The van der Waals surface area contributed by atoms with E-state index in [9.17, 15) is 18.0 Å². The molecule has 0 atom stereocenters. The minimum absolute atomic E-state index is 0.0250. The number of rotatable bonds is 4. The molecule has 0 bridgehead atoms. The van der Waals surface area contributed by atoms with Crippen LogP contribution in [0.5, 0.6) is 5.75 Å². The standard InChI is InChI=1S/C16H14F3NO2/c1-10(21)12-7-13(16(17,18)19)15(8-14(12)20)22-9-11-5-3-2-4-6-11/h2-8H,9,20H2,1H3. The molecule has 0 saturated heterocycles. The second-order valence-electron chi connectivity index (χ2n) is 4.76. The van der Waals surface area contributed by atoms with Gasteiger partial charge in [0.1, 0.15) is 12.4 Å². The van der Waals surface area contributed by atoms with Crippen LogP contribution in [0.3, 0.4) is 0 Å². The summed E-state index contributed by atoms with van der Waals surface area (Å²) in [6.45, 7) is 1.14. The molecule has 0 heterocycles. The molecule has 0 aliphatic heterocycles. The number of ketones is 1. The van der Waals surface area contributed by atoms with Gasteiger partial charge < -0.3 is 10.5 Å². The molecular formula is C16H14F3NO2. The number of carbonyl (C=O) groups is 1. The monoisotopic (exact) mass is 309 g/mol. The Morgan fingerprint density at radius 1 is 1.18 bits per heavy atom. The van der Waals surface area contributed by atoms with Gasteiger partial charge in [-0.3, -0.25) is 4.79 Å². The summed E-state index contributed by atoms with van der Waals surface area (Å²) in [5.41, 5.74) is 5.15.